The lowest BCUT2D eigenvalue weighted by Crippen LogP contribution is -2.52. The average Bonchev–Trinajstić information content (AvgIpc) is 2.97. The van der Waals surface area contributed by atoms with E-state index in [1.54, 1.807) is 0 Å². The quantitative estimate of drug-likeness (QED) is 0.777. The first kappa shape index (κ1) is 19.2. The van der Waals surface area contributed by atoms with Crippen LogP contribution in [0.4, 0.5) is 0 Å². The van der Waals surface area contributed by atoms with Crippen molar-refractivity contribution in [3.8, 4) is 0 Å². The van der Waals surface area contributed by atoms with Gasteiger partial charge in [0.05, 0.1) is 18.3 Å². The van der Waals surface area contributed by atoms with E-state index in [2.05, 4.69) is 6.92 Å². The molecule has 0 heterocycles. The Morgan fingerprint density at radius 2 is 1.77 bits per heavy atom. The zero-order valence-electron chi connectivity index (χ0n) is 17.1. The van der Waals surface area contributed by atoms with Crippen LogP contribution in [-0.2, 0) is 4.74 Å². The molecule has 0 bridgehead atoms. The van der Waals surface area contributed by atoms with Crippen molar-refractivity contribution < 1.29 is 14.9 Å². The first-order valence-electron chi connectivity index (χ1n) is 11.4. The van der Waals surface area contributed by atoms with Gasteiger partial charge >= 0.3 is 0 Å². The minimum absolute atomic E-state index is 0.152. The number of fused-ring (bicyclic) bond motifs is 5. The standard InChI is InChI=1S/C23H40O3/c1-4-26-14-23(25)12-10-17-16(13-23)5-6-19-18(17)9-11-22(3)20(15(2)24)7-8-21(19)22/h15-21,24-25H,4-14H2,1-3H3/t15?,16-,17+,18-,19-,20?,21+,22-,23-/m1/s1. The van der Waals surface area contributed by atoms with Gasteiger partial charge in [0.1, 0.15) is 0 Å². The molecule has 0 aromatic heterocycles. The van der Waals surface area contributed by atoms with Crippen LogP contribution in [0, 0.1) is 40.9 Å². The van der Waals surface area contributed by atoms with Crippen molar-refractivity contribution in [3.05, 3.63) is 0 Å². The van der Waals surface area contributed by atoms with E-state index in [9.17, 15) is 10.2 Å². The van der Waals surface area contributed by atoms with Gasteiger partial charge in [0.25, 0.3) is 0 Å². The lowest BCUT2D eigenvalue weighted by atomic mass is 9.49. The van der Waals surface area contributed by atoms with Gasteiger partial charge in [-0.2, -0.15) is 0 Å². The number of rotatable bonds is 4. The Kier molecular flexibility index (Phi) is 5.20. The Morgan fingerprint density at radius 1 is 1.00 bits per heavy atom. The van der Waals surface area contributed by atoms with Gasteiger partial charge in [-0.05, 0) is 113 Å². The Labute approximate surface area is 159 Å². The molecule has 0 saturated heterocycles. The van der Waals surface area contributed by atoms with Crippen LogP contribution in [-0.4, -0.2) is 35.1 Å². The second kappa shape index (κ2) is 7.04. The molecular weight excluding hydrogens is 324 g/mol. The van der Waals surface area contributed by atoms with Gasteiger partial charge in [-0.3, -0.25) is 0 Å². The van der Waals surface area contributed by atoms with Crippen LogP contribution >= 0.6 is 0 Å². The van der Waals surface area contributed by atoms with Gasteiger partial charge in [0.2, 0.25) is 0 Å². The van der Waals surface area contributed by atoms with Crippen LogP contribution in [0.5, 0.6) is 0 Å². The second-order valence-corrected chi connectivity index (χ2v) is 10.5. The van der Waals surface area contributed by atoms with E-state index < -0.39 is 5.60 Å². The second-order valence-electron chi connectivity index (χ2n) is 10.5. The van der Waals surface area contributed by atoms with E-state index in [0.717, 1.165) is 36.5 Å². The average molecular weight is 365 g/mol. The van der Waals surface area contributed by atoms with E-state index in [-0.39, 0.29) is 6.10 Å². The summed E-state index contributed by atoms with van der Waals surface area (Å²) in [6, 6.07) is 0. The Morgan fingerprint density at radius 3 is 2.50 bits per heavy atom. The molecule has 9 atom stereocenters. The minimum Gasteiger partial charge on any atom is -0.393 e. The van der Waals surface area contributed by atoms with Gasteiger partial charge in [0, 0.05) is 6.61 Å². The first-order chi connectivity index (χ1) is 12.4. The van der Waals surface area contributed by atoms with Crippen LogP contribution in [0.2, 0.25) is 0 Å². The topological polar surface area (TPSA) is 49.7 Å². The largest absolute Gasteiger partial charge is 0.393 e. The Bertz CT molecular complexity index is 506. The van der Waals surface area contributed by atoms with Gasteiger partial charge in [0.15, 0.2) is 0 Å². The third kappa shape index (κ3) is 3.06. The fourth-order valence-corrected chi connectivity index (χ4v) is 8.22. The highest BCUT2D eigenvalue weighted by molar-refractivity contribution is 5.07. The summed E-state index contributed by atoms with van der Waals surface area (Å²) in [5.41, 5.74) is -0.204. The Balaban J connectivity index is 1.47. The van der Waals surface area contributed by atoms with E-state index in [1.165, 1.54) is 44.9 Å². The summed E-state index contributed by atoms with van der Waals surface area (Å²) in [5.74, 6) is 4.60. The molecule has 4 saturated carbocycles. The van der Waals surface area contributed by atoms with Gasteiger partial charge < -0.3 is 14.9 Å². The third-order valence-corrected chi connectivity index (χ3v) is 9.33. The lowest BCUT2D eigenvalue weighted by Gasteiger charge is -2.57. The summed E-state index contributed by atoms with van der Waals surface area (Å²) in [5, 5.41) is 21.3. The smallest absolute Gasteiger partial charge is 0.0883 e. The molecule has 4 aliphatic rings. The van der Waals surface area contributed by atoms with Crippen molar-refractivity contribution >= 4 is 0 Å². The molecule has 0 spiro atoms. The van der Waals surface area contributed by atoms with Crippen molar-refractivity contribution in [3.63, 3.8) is 0 Å². The first-order valence-corrected chi connectivity index (χ1v) is 11.4. The van der Waals surface area contributed by atoms with Crippen LogP contribution in [0.25, 0.3) is 0 Å². The van der Waals surface area contributed by atoms with Gasteiger partial charge in [-0.25, -0.2) is 0 Å². The highest BCUT2D eigenvalue weighted by atomic mass is 16.5. The normalized spacial score (nSPS) is 52.0. The molecule has 3 nitrogen and oxygen atoms in total. The fraction of sp³-hybridized carbons (Fsp3) is 1.00. The van der Waals surface area contributed by atoms with Gasteiger partial charge in [-0.1, -0.05) is 6.92 Å². The summed E-state index contributed by atoms with van der Waals surface area (Å²) in [4.78, 5) is 0. The number of aliphatic hydroxyl groups is 2. The maximum absolute atomic E-state index is 11.0. The maximum atomic E-state index is 11.0. The van der Waals surface area contributed by atoms with E-state index >= 15 is 0 Å². The molecule has 3 heteroatoms. The zero-order valence-corrected chi connectivity index (χ0v) is 17.1. The molecule has 0 aliphatic heterocycles. The predicted octanol–water partition coefficient (Wildman–Crippen LogP) is 4.40. The molecule has 150 valence electrons. The van der Waals surface area contributed by atoms with E-state index in [4.69, 9.17) is 4.74 Å². The van der Waals surface area contributed by atoms with Gasteiger partial charge in [-0.15, -0.1) is 0 Å². The Hall–Kier alpha value is -0.120. The van der Waals surface area contributed by atoms with Crippen molar-refractivity contribution in [2.75, 3.05) is 13.2 Å². The molecule has 0 aromatic rings. The van der Waals surface area contributed by atoms with Crippen LogP contribution in [0.3, 0.4) is 0 Å². The SMILES string of the molecule is CCOC[C@@]1(O)CC[C@H]2[C@H](CC[C@@H]3[C@@H]2CC[C@]2(C)C(C(C)O)CC[C@@H]32)C1. The number of hydrogen-bond acceptors (Lipinski definition) is 3. The summed E-state index contributed by atoms with van der Waals surface area (Å²) in [7, 11) is 0. The molecule has 0 aromatic carbocycles. The number of ether oxygens (including phenoxy) is 1. The van der Waals surface area contributed by atoms with Crippen LogP contribution < -0.4 is 0 Å². The highest BCUT2D eigenvalue weighted by Gasteiger charge is 2.58. The molecule has 0 radical (unpaired) electrons. The summed E-state index contributed by atoms with van der Waals surface area (Å²) < 4.78 is 5.59. The van der Waals surface area contributed by atoms with Crippen molar-refractivity contribution in [1.29, 1.82) is 0 Å². The third-order valence-electron chi connectivity index (χ3n) is 9.33. The molecule has 26 heavy (non-hydrogen) atoms. The predicted molar refractivity (Wildman–Crippen MR) is 104 cm³/mol. The summed E-state index contributed by atoms with van der Waals surface area (Å²) >= 11 is 0. The van der Waals surface area contributed by atoms with Crippen molar-refractivity contribution in [1.82, 2.24) is 0 Å². The fourth-order valence-electron chi connectivity index (χ4n) is 8.22. The highest BCUT2D eigenvalue weighted by Crippen LogP contribution is 2.65. The van der Waals surface area contributed by atoms with E-state index in [0.29, 0.717) is 30.5 Å². The monoisotopic (exact) mass is 364 g/mol. The van der Waals surface area contributed by atoms with Crippen molar-refractivity contribution in [2.24, 2.45) is 40.9 Å². The number of hydrogen-bond donors (Lipinski definition) is 2. The molecule has 4 rings (SSSR count). The van der Waals surface area contributed by atoms with Crippen LogP contribution in [0.15, 0.2) is 0 Å². The molecule has 4 aliphatic carbocycles. The summed E-state index contributed by atoms with van der Waals surface area (Å²) in [6.45, 7) is 7.75. The molecule has 2 unspecified atom stereocenters. The lowest BCUT2D eigenvalue weighted by molar-refractivity contribution is -0.131. The number of aliphatic hydroxyl groups excluding tert-OH is 1. The molecular formula is C23H40O3. The van der Waals surface area contributed by atoms with Crippen LogP contribution in [0.1, 0.15) is 78.6 Å². The maximum Gasteiger partial charge on any atom is 0.0883 e. The molecule has 0 amide bonds. The van der Waals surface area contributed by atoms with Crippen molar-refractivity contribution in [2.45, 2.75) is 90.3 Å². The zero-order chi connectivity index (χ0) is 18.5. The van der Waals surface area contributed by atoms with E-state index in [1.807, 2.05) is 13.8 Å². The molecule has 4 fully saturated rings. The minimum atomic E-state index is -0.571. The molecule has 2 N–H and O–H groups in total. The summed E-state index contributed by atoms with van der Waals surface area (Å²) in [6.07, 6.45) is 10.8.